The SMILES string of the molecule is O=C(CNC(=O)c1cccs1)NCc1cn2ccccc2n1. The summed E-state index contributed by atoms with van der Waals surface area (Å²) in [6.45, 7) is 0.277. The van der Waals surface area contributed by atoms with Crippen LogP contribution in [0, 0.1) is 0 Å². The van der Waals surface area contributed by atoms with E-state index >= 15 is 0 Å². The fourth-order valence-electron chi connectivity index (χ4n) is 1.98. The summed E-state index contributed by atoms with van der Waals surface area (Å²) in [5.74, 6) is -0.486. The lowest BCUT2D eigenvalue weighted by Gasteiger charge is -2.04. The third-order valence-electron chi connectivity index (χ3n) is 3.04. The zero-order valence-electron chi connectivity index (χ0n) is 11.7. The van der Waals surface area contributed by atoms with Crippen LogP contribution in [0.1, 0.15) is 15.4 Å². The monoisotopic (exact) mass is 314 g/mol. The summed E-state index contributed by atoms with van der Waals surface area (Å²) in [5, 5.41) is 7.13. The number of amides is 2. The average Bonchev–Trinajstić information content (AvgIpc) is 3.19. The van der Waals surface area contributed by atoms with Gasteiger partial charge in [0.2, 0.25) is 5.91 Å². The summed E-state index contributed by atoms with van der Waals surface area (Å²) >= 11 is 1.34. The first-order valence-electron chi connectivity index (χ1n) is 6.73. The highest BCUT2D eigenvalue weighted by molar-refractivity contribution is 7.12. The quantitative estimate of drug-likeness (QED) is 0.748. The molecule has 0 unspecified atom stereocenters. The second-order valence-corrected chi connectivity index (χ2v) is 5.58. The molecule has 3 heterocycles. The van der Waals surface area contributed by atoms with Crippen molar-refractivity contribution in [1.82, 2.24) is 20.0 Å². The van der Waals surface area contributed by atoms with Gasteiger partial charge in [-0.2, -0.15) is 0 Å². The Morgan fingerprint density at radius 2 is 2.09 bits per heavy atom. The van der Waals surface area contributed by atoms with E-state index in [9.17, 15) is 9.59 Å². The van der Waals surface area contributed by atoms with Crippen LogP contribution in [0.25, 0.3) is 5.65 Å². The third kappa shape index (κ3) is 3.32. The Morgan fingerprint density at radius 3 is 2.86 bits per heavy atom. The van der Waals surface area contributed by atoms with E-state index in [0.29, 0.717) is 11.4 Å². The van der Waals surface area contributed by atoms with Gasteiger partial charge in [-0.3, -0.25) is 9.59 Å². The van der Waals surface area contributed by atoms with E-state index in [1.165, 1.54) is 11.3 Å². The number of hydrogen-bond donors (Lipinski definition) is 2. The lowest BCUT2D eigenvalue weighted by molar-refractivity contribution is -0.120. The highest BCUT2D eigenvalue weighted by Crippen LogP contribution is 2.07. The fourth-order valence-corrected chi connectivity index (χ4v) is 2.62. The number of rotatable bonds is 5. The molecule has 2 amide bonds. The number of nitrogens with one attached hydrogen (secondary N) is 2. The molecule has 3 aromatic rings. The molecule has 22 heavy (non-hydrogen) atoms. The van der Waals surface area contributed by atoms with E-state index in [0.717, 1.165) is 11.3 Å². The molecule has 0 saturated carbocycles. The van der Waals surface area contributed by atoms with Crippen molar-refractivity contribution in [3.63, 3.8) is 0 Å². The molecule has 0 aliphatic carbocycles. The topological polar surface area (TPSA) is 75.5 Å². The Kier molecular flexibility index (Phi) is 4.15. The van der Waals surface area contributed by atoms with E-state index in [2.05, 4.69) is 15.6 Å². The summed E-state index contributed by atoms with van der Waals surface area (Å²) in [5.41, 5.74) is 1.60. The van der Waals surface area contributed by atoms with Gasteiger partial charge in [-0.05, 0) is 23.6 Å². The minimum atomic E-state index is -0.248. The second-order valence-electron chi connectivity index (χ2n) is 4.64. The number of imidazole rings is 1. The van der Waals surface area contributed by atoms with Gasteiger partial charge >= 0.3 is 0 Å². The molecule has 0 aromatic carbocycles. The van der Waals surface area contributed by atoms with E-state index in [4.69, 9.17) is 0 Å². The molecule has 0 aliphatic heterocycles. The van der Waals surface area contributed by atoms with Crippen LogP contribution in [0.4, 0.5) is 0 Å². The molecular formula is C15H14N4O2S. The molecule has 0 atom stereocenters. The van der Waals surface area contributed by atoms with Gasteiger partial charge in [0, 0.05) is 12.4 Å². The number of pyridine rings is 1. The van der Waals surface area contributed by atoms with Gasteiger partial charge in [0.25, 0.3) is 5.91 Å². The van der Waals surface area contributed by atoms with Crippen molar-refractivity contribution in [3.05, 3.63) is 58.7 Å². The minimum absolute atomic E-state index is 0.0515. The number of carbonyl (C=O) groups is 2. The van der Waals surface area contributed by atoms with Crippen LogP contribution < -0.4 is 10.6 Å². The number of aromatic nitrogens is 2. The van der Waals surface area contributed by atoms with Crippen molar-refractivity contribution in [2.24, 2.45) is 0 Å². The molecule has 0 fully saturated rings. The maximum Gasteiger partial charge on any atom is 0.261 e. The summed E-state index contributed by atoms with van der Waals surface area (Å²) in [7, 11) is 0. The average molecular weight is 314 g/mol. The molecule has 0 bridgehead atoms. The van der Waals surface area contributed by atoms with E-state index < -0.39 is 0 Å². The molecule has 0 aliphatic rings. The Morgan fingerprint density at radius 1 is 1.18 bits per heavy atom. The minimum Gasteiger partial charge on any atom is -0.349 e. The van der Waals surface area contributed by atoms with Crippen molar-refractivity contribution in [3.8, 4) is 0 Å². The van der Waals surface area contributed by atoms with Gasteiger partial charge < -0.3 is 15.0 Å². The predicted octanol–water partition coefficient (Wildman–Crippen LogP) is 1.44. The van der Waals surface area contributed by atoms with Crippen molar-refractivity contribution < 1.29 is 9.59 Å². The highest BCUT2D eigenvalue weighted by atomic mass is 32.1. The van der Waals surface area contributed by atoms with Crippen LogP contribution in [0.3, 0.4) is 0 Å². The van der Waals surface area contributed by atoms with Gasteiger partial charge in [0.05, 0.1) is 23.7 Å². The van der Waals surface area contributed by atoms with Crippen LogP contribution in [0.2, 0.25) is 0 Å². The largest absolute Gasteiger partial charge is 0.349 e. The number of carbonyl (C=O) groups excluding carboxylic acids is 2. The maximum absolute atomic E-state index is 11.7. The molecule has 112 valence electrons. The van der Waals surface area contributed by atoms with Crippen molar-refractivity contribution in [2.75, 3.05) is 6.54 Å². The fraction of sp³-hybridized carbons (Fsp3) is 0.133. The van der Waals surface area contributed by atoms with Crippen LogP contribution >= 0.6 is 11.3 Å². The third-order valence-corrected chi connectivity index (χ3v) is 3.90. The second kappa shape index (κ2) is 6.40. The van der Waals surface area contributed by atoms with Gasteiger partial charge in [-0.25, -0.2) is 4.98 Å². The van der Waals surface area contributed by atoms with Crippen LogP contribution in [0.5, 0.6) is 0 Å². The Balaban J connectivity index is 1.49. The zero-order chi connectivity index (χ0) is 15.4. The number of fused-ring (bicyclic) bond motifs is 1. The number of hydrogen-bond acceptors (Lipinski definition) is 4. The van der Waals surface area contributed by atoms with Crippen molar-refractivity contribution >= 4 is 28.8 Å². The highest BCUT2D eigenvalue weighted by Gasteiger charge is 2.09. The van der Waals surface area contributed by atoms with E-state index in [1.807, 2.05) is 40.4 Å². The summed E-state index contributed by atoms with van der Waals surface area (Å²) in [6.07, 6.45) is 3.76. The lowest BCUT2D eigenvalue weighted by Crippen LogP contribution is -2.36. The Hall–Kier alpha value is -2.67. The molecule has 7 heteroatoms. The van der Waals surface area contributed by atoms with E-state index in [-0.39, 0.29) is 18.4 Å². The molecule has 3 aromatic heterocycles. The number of thiophene rings is 1. The van der Waals surface area contributed by atoms with E-state index in [1.54, 1.807) is 12.1 Å². The van der Waals surface area contributed by atoms with Gasteiger partial charge in [-0.1, -0.05) is 12.1 Å². The van der Waals surface area contributed by atoms with Gasteiger partial charge in [0.1, 0.15) is 5.65 Å². The zero-order valence-corrected chi connectivity index (χ0v) is 12.5. The van der Waals surface area contributed by atoms with Crippen LogP contribution in [-0.4, -0.2) is 27.7 Å². The molecule has 2 N–H and O–H groups in total. The molecule has 0 radical (unpaired) electrons. The summed E-state index contributed by atoms with van der Waals surface area (Å²) < 4.78 is 1.89. The van der Waals surface area contributed by atoms with Crippen molar-refractivity contribution in [2.45, 2.75) is 6.54 Å². The van der Waals surface area contributed by atoms with Crippen LogP contribution in [-0.2, 0) is 11.3 Å². The Bertz CT molecular complexity index is 762. The lowest BCUT2D eigenvalue weighted by atomic mass is 10.4. The molecule has 6 nitrogen and oxygen atoms in total. The molecule has 0 saturated heterocycles. The Labute approximate surface area is 130 Å². The van der Waals surface area contributed by atoms with Gasteiger partial charge in [-0.15, -0.1) is 11.3 Å². The first-order valence-corrected chi connectivity index (χ1v) is 7.61. The van der Waals surface area contributed by atoms with Gasteiger partial charge in [0.15, 0.2) is 0 Å². The standard InChI is InChI=1S/C15H14N4O2S/c20-14(9-17-15(21)12-4-3-7-22-12)16-8-11-10-19-6-2-1-5-13(19)18-11/h1-7,10H,8-9H2,(H,16,20)(H,17,21). The smallest absolute Gasteiger partial charge is 0.261 e. The summed E-state index contributed by atoms with van der Waals surface area (Å²) in [6, 6.07) is 9.23. The first-order chi connectivity index (χ1) is 10.7. The van der Waals surface area contributed by atoms with Crippen molar-refractivity contribution in [1.29, 1.82) is 0 Å². The van der Waals surface area contributed by atoms with Crippen LogP contribution in [0.15, 0.2) is 48.1 Å². The maximum atomic E-state index is 11.7. The normalized spacial score (nSPS) is 10.5. The molecular weight excluding hydrogens is 300 g/mol. The molecule has 3 rings (SSSR count). The predicted molar refractivity (Wildman–Crippen MR) is 83.7 cm³/mol. The summed E-state index contributed by atoms with van der Waals surface area (Å²) in [4.78, 5) is 28.4. The molecule has 0 spiro atoms. The first kappa shape index (κ1) is 14.3. The number of nitrogens with zero attached hydrogens (tertiary/aromatic N) is 2.